The van der Waals surface area contributed by atoms with Crippen molar-refractivity contribution >= 4 is 16.7 Å². The van der Waals surface area contributed by atoms with Crippen LogP contribution in [0, 0.1) is 13.8 Å². The average Bonchev–Trinajstić information content (AvgIpc) is 2.81. The van der Waals surface area contributed by atoms with Crippen molar-refractivity contribution in [2.75, 3.05) is 11.9 Å². The van der Waals surface area contributed by atoms with Crippen LogP contribution in [0.1, 0.15) is 41.3 Å². The van der Waals surface area contributed by atoms with Crippen molar-refractivity contribution in [2.45, 2.75) is 32.9 Å². The van der Waals surface area contributed by atoms with E-state index in [1.165, 1.54) is 0 Å². The van der Waals surface area contributed by atoms with Gasteiger partial charge < -0.3 is 19.9 Å². The number of aliphatic hydroxyl groups excluding tert-OH is 2. The van der Waals surface area contributed by atoms with E-state index in [9.17, 15) is 15.0 Å². The van der Waals surface area contributed by atoms with Crippen LogP contribution in [-0.2, 0) is 0 Å². The monoisotopic (exact) mass is 429 g/mol. The molecule has 0 aliphatic carbocycles. The lowest BCUT2D eigenvalue weighted by Crippen LogP contribution is -2.14. The van der Waals surface area contributed by atoms with Crippen LogP contribution in [0.2, 0.25) is 0 Å². The largest absolute Gasteiger partial charge is 0.455 e. The maximum Gasteiger partial charge on any atom is 0.196 e. The lowest BCUT2D eigenvalue weighted by molar-refractivity contribution is 0.0961. The van der Waals surface area contributed by atoms with Gasteiger partial charge in [-0.3, -0.25) is 4.79 Å². The highest BCUT2D eigenvalue weighted by Crippen LogP contribution is 2.33. The Morgan fingerprint density at radius 1 is 0.969 bits per heavy atom. The van der Waals surface area contributed by atoms with Crippen molar-refractivity contribution in [3.63, 3.8) is 0 Å². The Kier molecular flexibility index (Phi) is 6.12. The standard InChI is InChI=1S/C27H27NO4/c1-16-13-21(18(3)28-23-12-8-7-11-20(23)24(30)15-29)27-22(14-16)25(31)17(2)26(32-27)19-9-5-4-6-10-19/h4-14,18,24,28-30H,15H2,1-3H3/t18-,24?/m1/s1. The van der Waals surface area contributed by atoms with Crippen molar-refractivity contribution in [3.8, 4) is 11.3 Å². The number of anilines is 1. The molecule has 2 atom stereocenters. The van der Waals surface area contributed by atoms with E-state index in [0.717, 1.165) is 16.7 Å². The first-order chi connectivity index (χ1) is 15.4. The van der Waals surface area contributed by atoms with Crippen molar-refractivity contribution < 1.29 is 14.6 Å². The summed E-state index contributed by atoms with van der Waals surface area (Å²) in [5.74, 6) is 0.566. The summed E-state index contributed by atoms with van der Waals surface area (Å²) in [6.07, 6.45) is -0.981. The number of hydrogen-bond acceptors (Lipinski definition) is 5. The highest BCUT2D eigenvalue weighted by molar-refractivity contribution is 5.84. The van der Waals surface area contributed by atoms with E-state index >= 15 is 0 Å². The molecule has 5 heteroatoms. The molecule has 1 heterocycles. The fourth-order valence-corrected chi connectivity index (χ4v) is 4.08. The Morgan fingerprint density at radius 2 is 1.66 bits per heavy atom. The Balaban J connectivity index is 1.86. The highest BCUT2D eigenvalue weighted by Gasteiger charge is 2.20. The predicted molar refractivity (Wildman–Crippen MR) is 128 cm³/mol. The van der Waals surface area contributed by atoms with Crippen molar-refractivity contribution in [1.82, 2.24) is 0 Å². The van der Waals surface area contributed by atoms with Crippen LogP contribution in [-0.4, -0.2) is 16.8 Å². The summed E-state index contributed by atoms with van der Waals surface area (Å²) in [4.78, 5) is 13.2. The van der Waals surface area contributed by atoms with Crippen LogP contribution in [0.4, 0.5) is 5.69 Å². The quantitative estimate of drug-likeness (QED) is 0.389. The first kappa shape index (κ1) is 21.8. The molecule has 4 rings (SSSR count). The molecule has 0 bridgehead atoms. The molecule has 3 N–H and O–H groups in total. The van der Waals surface area contributed by atoms with Crippen molar-refractivity contribution in [2.24, 2.45) is 0 Å². The summed E-state index contributed by atoms with van der Waals surface area (Å²) in [5, 5.41) is 23.6. The first-order valence-electron chi connectivity index (χ1n) is 10.7. The molecular weight excluding hydrogens is 402 g/mol. The van der Waals surface area contributed by atoms with Gasteiger partial charge in [-0.1, -0.05) is 54.6 Å². The number of para-hydroxylation sites is 1. The zero-order chi connectivity index (χ0) is 22.8. The van der Waals surface area contributed by atoms with Gasteiger partial charge >= 0.3 is 0 Å². The second-order valence-electron chi connectivity index (χ2n) is 8.13. The minimum absolute atomic E-state index is 0.0432. The highest BCUT2D eigenvalue weighted by atomic mass is 16.3. The summed E-state index contributed by atoms with van der Waals surface area (Å²) in [5.41, 5.74) is 5.08. The second-order valence-corrected chi connectivity index (χ2v) is 8.13. The topological polar surface area (TPSA) is 82.7 Å². The Bertz CT molecular complexity index is 1310. The summed E-state index contributed by atoms with van der Waals surface area (Å²) in [6.45, 7) is 5.37. The lowest BCUT2D eigenvalue weighted by Gasteiger charge is -2.22. The summed E-state index contributed by atoms with van der Waals surface area (Å²) >= 11 is 0. The zero-order valence-electron chi connectivity index (χ0n) is 18.4. The molecule has 0 amide bonds. The van der Waals surface area contributed by atoms with Crippen LogP contribution in [0.3, 0.4) is 0 Å². The van der Waals surface area contributed by atoms with E-state index in [2.05, 4.69) is 5.32 Å². The van der Waals surface area contributed by atoms with Gasteiger partial charge in [0.1, 0.15) is 17.4 Å². The number of aliphatic hydroxyl groups is 2. The molecule has 0 spiro atoms. The molecule has 0 fully saturated rings. The minimum atomic E-state index is -0.981. The summed E-state index contributed by atoms with van der Waals surface area (Å²) in [7, 11) is 0. The normalized spacial score (nSPS) is 13.2. The van der Waals surface area contributed by atoms with Gasteiger partial charge in [-0.05, 0) is 38.5 Å². The van der Waals surface area contributed by atoms with Gasteiger partial charge in [0.05, 0.1) is 18.0 Å². The van der Waals surface area contributed by atoms with E-state index in [0.29, 0.717) is 33.5 Å². The van der Waals surface area contributed by atoms with E-state index in [4.69, 9.17) is 4.42 Å². The van der Waals surface area contributed by atoms with Gasteiger partial charge in [-0.25, -0.2) is 0 Å². The molecule has 0 aliphatic heterocycles. The van der Waals surface area contributed by atoms with E-state index < -0.39 is 6.10 Å². The van der Waals surface area contributed by atoms with E-state index in [-0.39, 0.29) is 18.1 Å². The third kappa shape index (κ3) is 4.05. The Hall–Kier alpha value is -3.41. The summed E-state index contributed by atoms with van der Waals surface area (Å²) in [6, 6.07) is 20.6. The molecule has 0 saturated carbocycles. The summed E-state index contributed by atoms with van der Waals surface area (Å²) < 4.78 is 6.37. The molecular formula is C27H27NO4. The molecule has 0 aliphatic rings. The molecule has 0 saturated heterocycles. The van der Waals surface area contributed by atoms with Gasteiger partial charge in [0, 0.05) is 27.9 Å². The Labute approximate surface area is 187 Å². The van der Waals surface area contributed by atoms with Gasteiger partial charge in [0.15, 0.2) is 5.43 Å². The van der Waals surface area contributed by atoms with Crippen molar-refractivity contribution in [3.05, 3.63) is 99.2 Å². The van der Waals surface area contributed by atoms with Crippen LogP contribution in [0.5, 0.6) is 0 Å². The smallest absolute Gasteiger partial charge is 0.196 e. The van der Waals surface area contributed by atoms with Crippen molar-refractivity contribution in [1.29, 1.82) is 0 Å². The first-order valence-corrected chi connectivity index (χ1v) is 10.7. The molecule has 4 aromatic rings. The number of fused-ring (bicyclic) bond motifs is 1. The van der Waals surface area contributed by atoms with E-state index in [1.807, 2.05) is 74.5 Å². The van der Waals surface area contributed by atoms with Crippen LogP contribution in [0.15, 0.2) is 75.9 Å². The predicted octanol–water partition coefficient (Wildman–Crippen LogP) is 5.28. The Morgan fingerprint density at radius 3 is 2.38 bits per heavy atom. The lowest BCUT2D eigenvalue weighted by atomic mass is 9.98. The molecule has 3 aromatic carbocycles. The molecule has 5 nitrogen and oxygen atoms in total. The molecule has 32 heavy (non-hydrogen) atoms. The fourth-order valence-electron chi connectivity index (χ4n) is 4.08. The van der Waals surface area contributed by atoms with Crippen LogP contribution < -0.4 is 10.7 Å². The number of nitrogens with one attached hydrogen (secondary N) is 1. The zero-order valence-corrected chi connectivity index (χ0v) is 18.4. The van der Waals surface area contributed by atoms with Crippen LogP contribution >= 0.6 is 0 Å². The third-order valence-electron chi connectivity index (χ3n) is 5.76. The van der Waals surface area contributed by atoms with Gasteiger partial charge in [0.25, 0.3) is 0 Å². The molecule has 1 aromatic heterocycles. The van der Waals surface area contributed by atoms with Gasteiger partial charge in [-0.15, -0.1) is 0 Å². The SMILES string of the molecule is Cc1cc([C@@H](C)Nc2ccccc2C(O)CO)c2oc(-c3ccccc3)c(C)c(=O)c2c1. The number of hydrogen-bond donors (Lipinski definition) is 3. The molecule has 164 valence electrons. The number of aryl methyl sites for hydroxylation is 1. The maximum atomic E-state index is 13.2. The number of benzene rings is 3. The van der Waals surface area contributed by atoms with Gasteiger partial charge in [0.2, 0.25) is 0 Å². The second kappa shape index (κ2) is 8.99. The molecule has 0 radical (unpaired) electrons. The average molecular weight is 430 g/mol. The van der Waals surface area contributed by atoms with Crippen LogP contribution in [0.25, 0.3) is 22.3 Å². The fraction of sp³-hybridized carbons (Fsp3) is 0.222. The molecule has 1 unspecified atom stereocenters. The van der Waals surface area contributed by atoms with Gasteiger partial charge in [-0.2, -0.15) is 0 Å². The number of rotatable bonds is 6. The van der Waals surface area contributed by atoms with E-state index in [1.54, 1.807) is 13.0 Å². The third-order valence-corrected chi connectivity index (χ3v) is 5.76. The maximum absolute atomic E-state index is 13.2. The minimum Gasteiger partial charge on any atom is -0.455 e.